The second-order valence-electron chi connectivity index (χ2n) is 3.75. The number of carboxylic acid groups (broad SMARTS) is 4. The van der Waals surface area contributed by atoms with Crippen molar-refractivity contribution in [2.45, 2.75) is 15.2 Å². The average molecular weight is 422 g/mol. The van der Waals surface area contributed by atoms with Crippen molar-refractivity contribution in [1.29, 1.82) is 0 Å². The molecule has 6 N–H and O–H groups in total. The first-order valence-electron chi connectivity index (χ1n) is 4.99. The normalized spacial score (nSPS) is 16.9. The Labute approximate surface area is 128 Å². The van der Waals surface area contributed by atoms with Gasteiger partial charge in [-0.25, -0.2) is 0 Å². The summed E-state index contributed by atoms with van der Waals surface area (Å²) in [4.78, 5) is 43.3. The van der Waals surface area contributed by atoms with Crippen molar-refractivity contribution in [3.05, 3.63) is 0 Å². The van der Waals surface area contributed by atoms with E-state index in [1.165, 1.54) is 0 Å². The molecule has 0 aliphatic heterocycles. The molecule has 3 unspecified atom stereocenters. The molecule has 0 amide bonds. The molecule has 0 aromatic heterocycles. The van der Waals surface area contributed by atoms with Gasteiger partial charge in [0.15, 0.2) is 0 Å². The van der Waals surface area contributed by atoms with Crippen molar-refractivity contribution >= 4 is 36.5 Å². The SMILES string of the molecule is NC(CC(=O)O)([I-]CC(C(=O)O)C(S)C(=O)O)C(=O)O. The van der Waals surface area contributed by atoms with E-state index in [1.807, 2.05) is 0 Å². The predicted octanol–water partition coefficient (Wildman–Crippen LogP) is -4.63. The molecular weight excluding hydrogens is 409 g/mol. The fourth-order valence-electron chi connectivity index (χ4n) is 1.08. The van der Waals surface area contributed by atoms with E-state index >= 15 is 0 Å². The molecule has 0 saturated heterocycles. The van der Waals surface area contributed by atoms with Gasteiger partial charge in [0.2, 0.25) is 0 Å². The van der Waals surface area contributed by atoms with Gasteiger partial charge in [-0.15, -0.1) is 0 Å². The van der Waals surface area contributed by atoms with Gasteiger partial charge in [0.25, 0.3) is 0 Å². The van der Waals surface area contributed by atoms with Crippen molar-refractivity contribution < 1.29 is 60.8 Å². The van der Waals surface area contributed by atoms with Crippen LogP contribution in [0.4, 0.5) is 0 Å². The second-order valence-corrected chi connectivity index (χ2v) is 7.88. The van der Waals surface area contributed by atoms with Gasteiger partial charge < -0.3 is 0 Å². The Hall–Kier alpha value is -1.08. The van der Waals surface area contributed by atoms with Crippen LogP contribution in [0, 0.1) is 5.92 Å². The minimum atomic E-state index is -2.05. The molecule has 0 aliphatic carbocycles. The Morgan fingerprint density at radius 1 is 1.10 bits per heavy atom. The maximum absolute atomic E-state index is 11.0. The molecule has 0 saturated carbocycles. The van der Waals surface area contributed by atoms with Crippen molar-refractivity contribution in [3.8, 4) is 0 Å². The first-order chi connectivity index (χ1) is 9.01. The number of nitrogens with two attached hydrogens (primary N) is 1. The van der Waals surface area contributed by atoms with Crippen LogP contribution < -0.4 is 26.9 Å². The van der Waals surface area contributed by atoms with Gasteiger partial charge in [0.05, 0.1) is 0 Å². The summed E-state index contributed by atoms with van der Waals surface area (Å²) < 4.78 is -2.37. The number of carbonyl (C=O) groups is 4. The third-order valence-corrected chi connectivity index (χ3v) is 6.37. The molecule has 0 spiro atoms. The van der Waals surface area contributed by atoms with E-state index in [-0.39, 0.29) is 4.43 Å². The van der Waals surface area contributed by atoms with Gasteiger partial charge in [-0.1, -0.05) is 0 Å². The number of alkyl halides is 2. The summed E-state index contributed by atoms with van der Waals surface area (Å²) in [6.07, 6.45) is -0.855. The van der Waals surface area contributed by atoms with E-state index in [1.54, 1.807) is 0 Å². The van der Waals surface area contributed by atoms with E-state index in [0.29, 0.717) is 0 Å². The van der Waals surface area contributed by atoms with E-state index < -0.39 is 66.2 Å². The van der Waals surface area contributed by atoms with Gasteiger partial charge in [-0.2, -0.15) is 0 Å². The number of hydrogen-bond acceptors (Lipinski definition) is 6. The van der Waals surface area contributed by atoms with Gasteiger partial charge in [0, 0.05) is 0 Å². The van der Waals surface area contributed by atoms with Gasteiger partial charge in [0.1, 0.15) is 0 Å². The molecule has 0 aromatic rings. The molecule has 0 radical (unpaired) electrons. The van der Waals surface area contributed by atoms with E-state index in [9.17, 15) is 19.2 Å². The molecule has 11 heteroatoms. The fourth-order valence-corrected chi connectivity index (χ4v) is 4.78. The Balaban J connectivity index is 4.98. The van der Waals surface area contributed by atoms with Gasteiger partial charge in [-0.05, 0) is 0 Å². The zero-order chi connectivity index (χ0) is 16.1. The summed E-state index contributed by atoms with van der Waals surface area (Å²) in [7, 11) is 0. The Kier molecular flexibility index (Phi) is 7.22. The molecule has 3 atom stereocenters. The quantitative estimate of drug-likeness (QED) is 0.0924. The third-order valence-electron chi connectivity index (χ3n) is 2.20. The number of halogens is 1. The standard InChI is InChI=1S/C9H13INO8S/c11-9(8(18)19,1-4(12)13)10-2-3(6(14)15)5(20)7(16)17/h3,5,20H,1-2,11H2,(H,12,13)(H,14,15)(H,16,17)(H,18,19)/q-1. The van der Waals surface area contributed by atoms with E-state index in [2.05, 4.69) is 12.6 Å². The van der Waals surface area contributed by atoms with Crippen LogP contribution in [0.15, 0.2) is 0 Å². The number of carboxylic acids is 4. The molecule has 20 heavy (non-hydrogen) atoms. The summed E-state index contributed by atoms with van der Waals surface area (Å²) in [5.74, 6) is -7.32. The molecule has 0 fully saturated rings. The monoisotopic (exact) mass is 422 g/mol. The topological polar surface area (TPSA) is 175 Å². The summed E-state index contributed by atoms with van der Waals surface area (Å²) in [6.45, 7) is 0. The molecule has 116 valence electrons. The van der Waals surface area contributed by atoms with Crippen LogP contribution in [-0.2, 0) is 19.2 Å². The number of hydrogen-bond donors (Lipinski definition) is 6. The van der Waals surface area contributed by atoms with Crippen LogP contribution in [0.1, 0.15) is 6.42 Å². The maximum atomic E-state index is 11.0. The summed E-state index contributed by atoms with van der Waals surface area (Å²) in [5.41, 5.74) is 5.47. The van der Waals surface area contributed by atoms with Crippen LogP contribution in [0.3, 0.4) is 0 Å². The zero-order valence-corrected chi connectivity index (χ0v) is 12.9. The number of thiol groups is 1. The van der Waals surface area contributed by atoms with E-state index in [4.69, 9.17) is 26.2 Å². The summed E-state index contributed by atoms with van der Waals surface area (Å²) in [6, 6.07) is 0. The first kappa shape index (κ1) is 18.9. The first-order valence-corrected chi connectivity index (χ1v) is 8.11. The van der Waals surface area contributed by atoms with Crippen molar-refractivity contribution in [3.63, 3.8) is 0 Å². The third kappa shape index (κ3) is 5.50. The van der Waals surface area contributed by atoms with Crippen LogP contribution >= 0.6 is 12.6 Å². The van der Waals surface area contributed by atoms with Crippen molar-refractivity contribution in [2.24, 2.45) is 11.7 Å². The molecule has 0 aliphatic rings. The predicted molar refractivity (Wildman–Crippen MR) is 63.2 cm³/mol. The molecule has 0 rings (SSSR count). The van der Waals surface area contributed by atoms with Crippen molar-refractivity contribution in [1.82, 2.24) is 0 Å². The zero-order valence-electron chi connectivity index (χ0n) is 9.89. The average Bonchev–Trinajstić information content (AvgIpc) is 2.26. The Bertz CT molecular complexity index is 430. The van der Waals surface area contributed by atoms with E-state index in [0.717, 1.165) is 0 Å². The minimum absolute atomic E-state index is 0.315. The molecule has 0 heterocycles. The summed E-state index contributed by atoms with van der Waals surface area (Å²) >= 11 is 2.02. The van der Waals surface area contributed by atoms with Gasteiger partial charge >= 0.3 is 129 Å². The molecule has 9 nitrogen and oxygen atoms in total. The van der Waals surface area contributed by atoms with Crippen LogP contribution in [0.25, 0.3) is 0 Å². The Morgan fingerprint density at radius 3 is 1.90 bits per heavy atom. The van der Waals surface area contributed by atoms with Crippen LogP contribution in [-0.4, -0.2) is 57.5 Å². The summed E-state index contributed by atoms with van der Waals surface area (Å²) in [5, 5.41) is 33.7. The van der Waals surface area contributed by atoms with Crippen molar-refractivity contribution in [2.75, 3.05) is 4.43 Å². The molecule has 0 aromatic carbocycles. The molecular formula is C9H13INO8S-. The fraction of sp³-hybridized carbons (Fsp3) is 0.556. The van der Waals surface area contributed by atoms with Gasteiger partial charge in [-0.3, -0.25) is 0 Å². The van der Waals surface area contributed by atoms with Crippen LogP contribution in [0.2, 0.25) is 0 Å². The number of rotatable bonds is 9. The Morgan fingerprint density at radius 2 is 1.60 bits per heavy atom. The number of aliphatic carboxylic acids is 4. The van der Waals surface area contributed by atoms with Crippen LogP contribution in [0.5, 0.6) is 0 Å². The molecule has 0 bridgehead atoms. The second kappa shape index (κ2) is 7.64.